The van der Waals surface area contributed by atoms with Gasteiger partial charge in [0.25, 0.3) is 0 Å². The van der Waals surface area contributed by atoms with Crippen LogP contribution in [0.25, 0.3) is 0 Å². The van der Waals surface area contributed by atoms with E-state index >= 15 is 0 Å². The Bertz CT molecular complexity index is 541. The normalized spacial score (nSPS) is 11.7. The fourth-order valence-electron chi connectivity index (χ4n) is 1.78. The minimum absolute atomic E-state index is 0.0853. The van der Waals surface area contributed by atoms with E-state index in [2.05, 4.69) is 5.32 Å². The van der Waals surface area contributed by atoms with E-state index in [0.29, 0.717) is 24.6 Å². The van der Waals surface area contributed by atoms with Gasteiger partial charge in [-0.05, 0) is 31.5 Å². The van der Waals surface area contributed by atoms with Gasteiger partial charge in [-0.2, -0.15) is 0 Å². The first-order valence-electron chi connectivity index (χ1n) is 7.12. The molecule has 120 valence electrons. The largest absolute Gasteiger partial charge is 0.493 e. The summed E-state index contributed by atoms with van der Waals surface area (Å²) < 4.78 is 33.7. The number of rotatable bonds is 9. The molecule has 1 aromatic rings. The molecular formula is C15H25NO4S. The van der Waals surface area contributed by atoms with E-state index in [1.807, 2.05) is 32.0 Å². The molecule has 0 fully saturated rings. The molecule has 0 spiro atoms. The van der Waals surface area contributed by atoms with Gasteiger partial charge in [0.05, 0.1) is 19.0 Å². The monoisotopic (exact) mass is 315 g/mol. The Balaban J connectivity index is 2.57. The Hall–Kier alpha value is -1.27. The summed E-state index contributed by atoms with van der Waals surface area (Å²) in [6.07, 6.45) is 0.0853. The summed E-state index contributed by atoms with van der Waals surface area (Å²) >= 11 is 0. The first-order valence-corrected chi connectivity index (χ1v) is 8.94. The number of benzene rings is 1. The van der Waals surface area contributed by atoms with Crippen molar-refractivity contribution in [1.29, 1.82) is 0 Å². The molecule has 0 saturated carbocycles. The van der Waals surface area contributed by atoms with Gasteiger partial charge in [-0.25, -0.2) is 8.42 Å². The van der Waals surface area contributed by atoms with Gasteiger partial charge >= 0.3 is 0 Å². The van der Waals surface area contributed by atoms with Crippen molar-refractivity contribution in [3.8, 4) is 11.5 Å². The summed E-state index contributed by atoms with van der Waals surface area (Å²) in [5.41, 5.74) is 1.02. The summed E-state index contributed by atoms with van der Waals surface area (Å²) in [6, 6.07) is 5.72. The number of hydrogen-bond acceptors (Lipinski definition) is 5. The van der Waals surface area contributed by atoms with Crippen molar-refractivity contribution in [3.05, 3.63) is 23.8 Å². The van der Waals surface area contributed by atoms with Crippen molar-refractivity contribution in [1.82, 2.24) is 5.32 Å². The molecule has 21 heavy (non-hydrogen) atoms. The van der Waals surface area contributed by atoms with E-state index < -0.39 is 9.84 Å². The average Bonchev–Trinajstić information content (AvgIpc) is 2.44. The van der Waals surface area contributed by atoms with Crippen LogP contribution in [-0.4, -0.2) is 39.7 Å². The second kappa shape index (κ2) is 8.24. The van der Waals surface area contributed by atoms with Gasteiger partial charge in [0.2, 0.25) is 0 Å². The molecular weight excluding hydrogens is 290 g/mol. The topological polar surface area (TPSA) is 64.6 Å². The van der Waals surface area contributed by atoms with E-state index in [9.17, 15) is 8.42 Å². The third-order valence-corrected chi connectivity index (χ3v) is 4.66. The van der Waals surface area contributed by atoms with Crippen LogP contribution in [0.4, 0.5) is 0 Å². The van der Waals surface area contributed by atoms with Crippen molar-refractivity contribution in [2.45, 2.75) is 33.4 Å². The molecule has 5 nitrogen and oxygen atoms in total. The van der Waals surface area contributed by atoms with Crippen LogP contribution < -0.4 is 14.8 Å². The van der Waals surface area contributed by atoms with Crippen molar-refractivity contribution in [3.63, 3.8) is 0 Å². The minimum atomic E-state index is -2.91. The minimum Gasteiger partial charge on any atom is -0.493 e. The lowest BCUT2D eigenvalue weighted by Crippen LogP contribution is -2.23. The molecule has 6 heteroatoms. The maximum atomic E-state index is 11.4. The summed E-state index contributed by atoms with van der Waals surface area (Å²) in [7, 11) is -1.31. The zero-order chi connectivity index (χ0) is 15.9. The van der Waals surface area contributed by atoms with E-state index in [4.69, 9.17) is 9.47 Å². The lowest BCUT2D eigenvalue weighted by molar-refractivity contribution is 0.230. The number of sulfone groups is 1. The Morgan fingerprint density at radius 2 is 1.95 bits per heavy atom. The number of methoxy groups -OCH3 is 1. The molecule has 0 aliphatic rings. The summed E-state index contributed by atoms with van der Waals surface area (Å²) in [5, 5.41) is 3.13. The van der Waals surface area contributed by atoms with Crippen LogP contribution >= 0.6 is 0 Å². The molecule has 1 N–H and O–H groups in total. The van der Waals surface area contributed by atoms with Gasteiger partial charge in [-0.1, -0.05) is 13.0 Å². The second-order valence-corrected chi connectivity index (χ2v) is 7.54. The predicted octanol–water partition coefficient (Wildman–Crippen LogP) is 2.01. The fourth-order valence-corrected chi connectivity index (χ4v) is 2.52. The van der Waals surface area contributed by atoms with Gasteiger partial charge in [0, 0.05) is 18.8 Å². The third-order valence-electron chi connectivity index (χ3n) is 2.95. The molecule has 0 saturated heterocycles. The number of nitrogens with one attached hydrogen (secondary N) is 1. The summed E-state index contributed by atoms with van der Waals surface area (Å²) in [5.74, 6) is 1.74. The number of hydrogen-bond donors (Lipinski definition) is 1. The van der Waals surface area contributed by atoms with Crippen LogP contribution in [0.5, 0.6) is 11.5 Å². The Morgan fingerprint density at radius 3 is 2.52 bits per heavy atom. The maximum Gasteiger partial charge on any atom is 0.161 e. The zero-order valence-electron chi connectivity index (χ0n) is 13.2. The number of ether oxygens (including phenoxy) is 2. The zero-order valence-corrected chi connectivity index (χ0v) is 14.0. The van der Waals surface area contributed by atoms with Gasteiger partial charge in [0.15, 0.2) is 21.3 Å². The van der Waals surface area contributed by atoms with Crippen LogP contribution in [0.2, 0.25) is 0 Å². The average molecular weight is 315 g/mol. The summed E-state index contributed by atoms with van der Waals surface area (Å²) in [4.78, 5) is 0. The van der Waals surface area contributed by atoms with Crippen molar-refractivity contribution in [2.75, 3.05) is 25.2 Å². The van der Waals surface area contributed by atoms with E-state index in [1.165, 1.54) is 0 Å². The van der Waals surface area contributed by atoms with E-state index in [1.54, 1.807) is 14.0 Å². The Labute approximate surface area is 127 Å². The summed E-state index contributed by atoms with van der Waals surface area (Å²) in [6.45, 7) is 6.63. The van der Waals surface area contributed by atoms with E-state index in [-0.39, 0.29) is 17.6 Å². The molecule has 1 rings (SSSR count). The maximum absolute atomic E-state index is 11.4. The predicted molar refractivity (Wildman–Crippen MR) is 84.8 cm³/mol. The van der Waals surface area contributed by atoms with Crippen LogP contribution in [-0.2, 0) is 16.4 Å². The molecule has 0 heterocycles. The van der Waals surface area contributed by atoms with Crippen molar-refractivity contribution >= 4 is 9.84 Å². The molecule has 0 aliphatic carbocycles. The molecule has 0 atom stereocenters. The van der Waals surface area contributed by atoms with Crippen molar-refractivity contribution < 1.29 is 17.9 Å². The first kappa shape index (κ1) is 17.8. The highest BCUT2D eigenvalue weighted by atomic mass is 32.2. The molecule has 1 aromatic carbocycles. The van der Waals surface area contributed by atoms with Crippen molar-refractivity contribution in [2.24, 2.45) is 0 Å². The standard InChI is InChI=1S/C15H25NO4S/c1-5-21(17,18)9-8-16-11-13-6-7-14(20-12(2)3)15(10-13)19-4/h6-7,10,12,16H,5,8-9,11H2,1-4H3. The van der Waals surface area contributed by atoms with E-state index in [0.717, 1.165) is 5.56 Å². The quantitative estimate of drug-likeness (QED) is 0.706. The molecule has 0 unspecified atom stereocenters. The smallest absolute Gasteiger partial charge is 0.161 e. The fraction of sp³-hybridized carbons (Fsp3) is 0.600. The first-order chi connectivity index (χ1) is 9.88. The highest BCUT2D eigenvalue weighted by Crippen LogP contribution is 2.28. The molecule has 0 radical (unpaired) electrons. The van der Waals surface area contributed by atoms with Gasteiger partial charge in [0.1, 0.15) is 0 Å². The highest BCUT2D eigenvalue weighted by molar-refractivity contribution is 7.91. The van der Waals surface area contributed by atoms with Crippen LogP contribution in [0, 0.1) is 0 Å². The van der Waals surface area contributed by atoms with Gasteiger partial charge < -0.3 is 14.8 Å². The lowest BCUT2D eigenvalue weighted by Gasteiger charge is -2.14. The molecule has 0 aliphatic heterocycles. The Kier molecular flexibility index (Phi) is 6.98. The van der Waals surface area contributed by atoms with Gasteiger partial charge in [-0.15, -0.1) is 0 Å². The van der Waals surface area contributed by atoms with Crippen LogP contribution in [0.1, 0.15) is 26.3 Å². The third kappa shape index (κ3) is 6.35. The van der Waals surface area contributed by atoms with Crippen LogP contribution in [0.3, 0.4) is 0 Å². The molecule has 0 aromatic heterocycles. The lowest BCUT2D eigenvalue weighted by atomic mass is 10.2. The molecule has 0 amide bonds. The second-order valence-electron chi connectivity index (χ2n) is 5.06. The Morgan fingerprint density at radius 1 is 1.24 bits per heavy atom. The van der Waals surface area contributed by atoms with Crippen LogP contribution in [0.15, 0.2) is 18.2 Å². The van der Waals surface area contributed by atoms with Gasteiger partial charge in [-0.3, -0.25) is 0 Å². The SMILES string of the molecule is CCS(=O)(=O)CCNCc1ccc(OC(C)C)c(OC)c1. The highest BCUT2D eigenvalue weighted by Gasteiger charge is 2.09. The molecule has 0 bridgehead atoms.